The molecule has 1 aromatic heterocycles. The molecule has 118 valence electrons. The maximum atomic E-state index is 10.6. The van der Waals surface area contributed by atoms with Gasteiger partial charge in [-0.2, -0.15) is 5.26 Å². The average molecular weight is 300 g/mol. The van der Waals surface area contributed by atoms with Gasteiger partial charge in [0, 0.05) is 0 Å². The summed E-state index contributed by atoms with van der Waals surface area (Å²) in [6.07, 6.45) is 3.20. The van der Waals surface area contributed by atoms with Crippen molar-refractivity contribution >= 4 is 0 Å². The summed E-state index contributed by atoms with van der Waals surface area (Å²) in [6.45, 7) is 4.11. The quantitative estimate of drug-likeness (QED) is 0.759. The van der Waals surface area contributed by atoms with E-state index < -0.39 is 11.7 Å². The molecular formula is C18H24N2O2. The Hall–Kier alpha value is -1.88. The zero-order chi connectivity index (χ0) is 16.4. The second-order valence-corrected chi connectivity index (χ2v) is 5.46. The minimum absolute atomic E-state index is 0.000153. The van der Waals surface area contributed by atoms with Crippen LogP contribution in [0.15, 0.2) is 18.2 Å². The fourth-order valence-electron chi connectivity index (χ4n) is 2.21. The Bertz CT molecular complexity index is 568. The minimum atomic E-state index is -0.978. The number of hydrogen-bond acceptors (Lipinski definition) is 4. The third-order valence-electron chi connectivity index (χ3n) is 3.43. The zero-order valence-electron chi connectivity index (χ0n) is 13.3. The van der Waals surface area contributed by atoms with E-state index in [0.29, 0.717) is 24.2 Å². The van der Waals surface area contributed by atoms with E-state index in [1.807, 2.05) is 13.0 Å². The van der Waals surface area contributed by atoms with Crippen molar-refractivity contribution in [1.82, 2.24) is 4.98 Å². The third-order valence-corrected chi connectivity index (χ3v) is 3.43. The molecule has 0 bridgehead atoms. The van der Waals surface area contributed by atoms with Crippen molar-refractivity contribution in [2.75, 3.05) is 0 Å². The normalized spacial score (nSPS) is 14.3. The molecule has 1 aromatic rings. The van der Waals surface area contributed by atoms with Gasteiger partial charge in [0.05, 0.1) is 18.2 Å². The first-order valence-electron chi connectivity index (χ1n) is 7.82. The number of rotatable bonds is 7. The Balaban J connectivity index is 2.93. The molecule has 0 aliphatic heterocycles. The molecule has 2 N–H and O–H groups in total. The molecule has 22 heavy (non-hydrogen) atoms. The first kappa shape index (κ1) is 18.2. The lowest BCUT2D eigenvalue weighted by molar-refractivity contribution is 0.0790. The number of nitrogens with zero attached hydrogens (tertiary/aromatic N) is 2. The van der Waals surface area contributed by atoms with Gasteiger partial charge in [0.25, 0.3) is 0 Å². The van der Waals surface area contributed by atoms with Gasteiger partial charge in [-0.3, -0.25) is 0 Å². The van der Waals surface area contributed by atoms with Crippen molar-refractivity contribution in [2.24, 2.45) is 0 Å². The van der Waals surface area contributed by atoms with E-state index in [0.717, 1.165) is 19.3 Å². The van der Waals surface area contributed by atoms with Gasteiger partial charge < -0.3 is 10.2 Å². The number of aliphatic hydroxyl groups is 2. The van der Waals surface area contributed by atoms with Gasteiger partial charge in [0.15, 0.2) is 0 Å². The minimum Gasteiger partial charge on any atom is -0.386 e. The molecule has 0 aromatic carbocycles. The molecular weight excluding hydrogens is 276 g/mol. The highest BCUT2D eigenvalue weighted by Gasteiger charge is 2.22. The van der Waals surface area contributed by atoms with E-state index in [2.05, 4.69) is 23.7 Å². The van der Waals surface area contributed by atoms with E-state index in [-0.39, 0.29) is 6.42 Å². The monoisotopic (exact) mass is 300 g/mol. The summed E-state index contributed by atoms with van der Waals surface area (Å²) >= 11 is 0. The summed E-state index contributed by atoms with van der Waals surface area (Å²) in [5.74, 6) is 5.85. The third kappa shape index (κ3) is 5.85. The van der Waals surface area contributed by atoms with Crippen molar-refractivity contribution in [3.63, 3.8) is 0 Å². The van der Waals surface area contributed by atoms with Crippen LogP contribution in [0, 0.1) is 23.2 Å². The van der Waals surface area contributed by atoms with Crippen LogP contribution in [-0.4, -0.2) is 20.8 Å². The summed E-state index contributed by atoms with van der Waals surface area (Å²) in [5.41, 5.74) is -0.0466. The number of aliphatic hydroxyl groups excluding tert-OH is 1. The Morgan fingerprint density at radius 3 is 2.68 bits per heavy atom. The average Bonchev–Trinajstić information content (AvgIpc) is 2.52. The SMILES string of the molecule is CCCCC(O)(C#Cc1cccc([C@H](O)CC#N)n1)CCC. The number of hydrogen-bond donors (Lipinski definition) is 2. The number of unbranched alkanes of at least 4 members (excludes halogenated alkanes) is 1. The molecule has 1 unspecified atom stereocenters. The highest BCUT2D eigenvalue weighted by molar-refractivity contribution is 5.32. The number of aromatic nitrogens is 1. The van der Waals surface area contributed by atoms with Crippen LogP contribution in [0.2, 0.25) is 0 Å². The molecule has 4 nitrogen and oxygen atoms in total. The molecule has 0 saturated carbocycles. The second-order valence-electron chi connectivity index (χ2n) is 5.46. The predicted molar refractivity (Wildman–Crippen MR) is 85.7 cm³/mol. The van der Waals surface area contributed by atoms with Gasteiger partial charge in [-0.1, -0.05) is 38.7 Å². The van der Waals surface area contributed by atoms with Crippen LogP contribution in [0.5, 0.6) is 0 Å². The molecule has 2 atom stereocenters. The molecule has 4 heteroatoms. The molecule has 1 rings (SSSR count). The predicted octanol–water partition coefficient (Wildman–Crippen LogP) is 3.10. The molecule has 0 radical (unpaired) electrons. The van der Waals surface area contributed by atoms with Crippen LogP contribution in [0.25, 0.3) is 0 Å². The first-order valence-corrected chi connectivity index (χ1v) is 7.82. The highest BCUT2D eigenvalue weighted by Crippen LogP contribution is 2.20. The van der Waals surface area contributed by atoms with E-state index in [1.54, 1.807) is 18.2 Å². The standard InChI is InChI=1S/C18H24N2O2/c1-3-5-12-18(22,11-4-2)13-9-15-7-6-8-16(20-15)17(21)10-14-19/h6-8,17,21-22H,3-5,10-12H2,1-2H3/t17-,18?/m1/s1. The van der Waals surface area contributed by atoms with E-state index in [4.69, 9.17) is 5.26 Å². The number of pyridine rings is 1. The Labute approximate surface area is 132 Å². The van der Waals surface area contributed by atoms with Crippen LogP contribution >= 0.6 is 0 Å². The topological polar surface area (TPSA) is 77.1 Å². The lowest BCUT2D eigenvalue weighted by Crippen LogP contribution is -2.26. The van der Waals surface area contributed by atoms with Gasteiger partial charge in [0.1, 0.15) is 17.4 Å². The van der Waals surface area contributed by atoms with Crippen molar-refractivity contribution in [3.05, 3.63) is 29.6 Å². The highest BCUT2D eigenvalue weighted by atomic mass is 16.3. The van der Waals surface area contributed by atoms with Gasteiger partial charge >= 0.3 is 0 Å². The van der Waals surface area contributed by atoms with Crippen LogP contribution in [0.4, 0.5) is 0 Å². The second kappa shape index (κ2) is 9.20. The van der Waals surface area contributed by atoms with Gasteiger partial charge in [-0.25, -0.2) is 4.98 Å². The Morgan fingerprint density at radius 1 is 1.27 bits per heavy atom. The number of nitriles is 1. The maximum absolute atomic E-state index is 10.6. The summed E-state index contributed by atoms with van der Waals surface area (Å²) in [7, 11) is 0. The molecule has 1 heterocycles. The van der Waals surface area contributed by atoms with Crippen molar-refractivity contribution in [1.29, 1.82) is 5.26 Å². The Morgan fingerprint density at radius 2 is 2.05 bits per heavy atom. The van der Waals surface area contributed by atoms with Crippen LogP contribution in [-0.2, 0) is 0 Å². The largest absolute Gasteiger partial charge is 0.386 e. The van der Waals surface area contributed by atoms with E-state index >= 15 is 0 Å². The molecule has 0 saturated heterocycles. The summed E-state index contributed by atoms with van der Waals surface area (Å²) in [4.78, 5) is 4.25. The fraction of sp³-hybridized carbons (Fsp3) is 0.556. The first-order chi connectivity index (χ1) is 10.5. The summed E-state index contributed by atoms with van der Waals surface area (Å²) in [6, 6.07) is 7.07. The van der Waals surface area contributed by atoms with Gasteiger partial charge in [0.2, 0.25) is 0 Å². The van der Waals surface area contributed by atoms with Crippen LogP contribution < -0.4 is 0 Å². The van der Waals surface area contributed by atoms with Crippen LogP contribution in [0.3, 0.4) is 0 Å². The lowest BCUT2D eigenvalue weighted by Gasteiger charge is -2.21. The zero-order valence-corrected chi connectivity index (χ0v) is 13.3. The molecule has 0 fully saturated rings. The van der Waals surface area contributed by atoms with Gasteiger partial charge in [-0.05, 0) is 37.3 Å². The molecule has 0 aliphatic rings. The smallest absolute Gasteiger partial charge is 0.125 e. The van der Waals surface area contributed by atoms with Crippen molar-refractivity contribution in [3.8, 4) is 17.9 Å². The molecule has 0 amide bonds. The summed E-state index contributed by atoms with van der Waals surface area (Å²) < 4.78 is 0. The van der Waals surface area contributed by atoms with Crippen molar-refractivity contribution in [2.45, 2.75) is 64.1 Å². The van der Waals surface area contributed by atoms with Crippen molar-refractivity contribution < 1.29 is 10.2 Å². The van der Waals surface area contributed by atoms with Gasteiger partial charge in [-0.15, -0.1) is 0 Å². The summed E-state index contributed by atoms with van der Waals surface area (Å²) in [5, 5.41) is 29.0. The molecule has 0 aliphatic carbocycles. The fourth-order valence-corrected chi connectivity index (χ4v) is 2.21. The van der Waals surface area contributed by atoms with E-state index in [1.165, 1.54) is 0 Å². The van der Waals surface area contributed by atoms with Crippen LogP contribution in [0.1, 0.15) is 69.9 Å². The lowest BCUT2D eigenvalue weighted by atomic mass is 9.92. The maximum Gasteiger partial charge on any atom is 0.125 e. The Kier molecular flexibility index (Phi) is 7.60. The van der Waals surface area contributed by atoms with E-state index in [9.17, 15) is 10.2 Å². The molecule has 0 spiro atoms.